The van der Waals surface area contributed by atoms with E-state index < -0.39 is 35.7 Å². The second-order valence-corrected chi connectivity index (χ2v) is 6.93. The smallest absolute Gasteiger partial charge is 0.363 e. The number of pyridine rings is 1. The summed E-state index contributed by atoms with van der Waals surface area (Å²) in [5, 5.41) is 14.2. The fourth-order valence-corrected chi connectivity index (χ4v) is 3.57. The number of rotatable bonds is 3. The van der Waals surface area contributed by atoms with Crippen molar-refractivity contribution in [1.82, 2.24) is 15.6 Å². The Kier molecular flexibility index (Phi) is 5.26. The number of hydrogen-bond donors (Lipinski definition) is 3. The van der Waals surface area contributed by atoms with Crippen molar-refractivity contribution in [3.8, 4) is 0 Å². The molecule has 0 spiro atoms. The lowest BCUT2D eigenvalue weighted by Gasteiger charge is -2.45. The molecule has 6 nitrogen and oxygen atoms in total. The van der Waals surface area contributed by atoms with Crippen molar-refractivity contribution < 1.29 is 27.9 Å². The molecule has 28 heavy (non-hydrogen) atoms. The molecule has 1 aliphatic rings. The van der Waals surface area contributed by atoms with Gasteiger partial charge in [0.2, 0.25) is 5.72 Å². The molecule has 3 rings (SSSR count). The van der Waals surface area contributed by atoms with Crippen molar-refractivity contribution in [2.45, 2.75) is 17.9 Å². The molecule has 148 valence electrons. The predicted octanol–water partition coefficient (Wildman–Crippen LogP) is 3.49. The summed E-state index contributed by atoms with van der Waals surface area (Å²) >= 11 is 11.9. The Morgan fingerprint density at radius 2 is 1.96 bits per heavy atom. The van der Waals surface area contributed by atoms with Crippen molar-refractivity contribution in [3.05, 3.63) is 63.9 Å². The van der Waals surface area contributed by atoms with Crippen LogP contribution in [0.3, 0.4) is 0 Å². The van der Waals surface area contributed by atoms with Crippen molar-refractivity contribution >= 4 is 35.0 Å². The van der Waals surface area contributed by atoms with Crippen LogP contribution in [0.2, 0.25) is 10.0 Å². The third-order valence-corrected chi connectivity index (χ3v) is 4.89. The Labute approximate surface area is 166 Å². The molecule has 0 bridgehead atoms. The van der Waals surface area contributed by atoms with Gasteiger partial charge < -0.3 is 15.7 Å². The first-order valence-electron chi connectivity index (χ1n) is 7.81. The molecular formula is C17H12Cl2F3N3O3. The maximum Gasteiger partial charge on any atom is 0.437 e. The molecule has 0 saturated carbocycles. The minimum absolute atomic E-state index is 0.00849. The highest BCUT2D eigenvalue weighted by atomic mass is 35.5. The molecule has 2 heterocycles. The van der Waals surface area contributed by atoms with E-state index in [1.807, 2.05) is 0 Å². The number of amides is 2. The van der Waals surface area contributed by atoms with Crippen molar-refractivity contribution in [2.75, 3.05) is 0 Å². The molecule has 2 aromatic rings. The number of benzene rings is 1. The van der Waals surface area contributed by atoms with Crippen LogP contribution >= 0.6 is 23.2 Å². The molecule has 1 saturated heterocycles. The second-order valence-electron chi connectivity index (χ2n) is 6.09. The number of urea groups is 1. The summed E-state index contributed by atoms with van der Waals surface area (Å²) in [6, 6.07) is 3.59. The predicted molar refractivity (Wildman–Crippen MR) is 93.9 cm³/mol. The molecule has 1 fully saturated rings. The van der Waals surface area contributed by atoms with Crippen molar-refractivity contribution in [2.24, 2.45) is 5.92 Å². The molecule has 1 aliphatic heterocycles. The normalized spacial score (nSPS) is 25.0. The summed E-state index contributed by atoms with van der Waals surface area (Å²) in [5.74, 6) is -3.27. The van der Waals surface area contributed by atoms with E-state index in [0.717, 1.165) is 6.20 Å². The number of aromatic nitrogens is 1. The molecule has 1 aromatic heterocycles. The average Bonchev–Trinajstić information content (AvgIpc) is 2.60. The second kappa shape index (κ2) is 7.23. The summed E-state index contributed by atoms with van der Waals surface area (Å²) in [7, 11) is 0. The molecule has 1 aromatic carbocycles. The van der Waals surface area contributed by atoms with Crippen LogP contribution in [0.15, 0.2) is 42.7 Å². The largest absolute Gasteiger partial charge is 0.437 e. The molecule has 3 atom stereocenters. The van der Waals surface area contributed by atoms with Crippen LogP contribution in [0.1, 0.15) is 22.0 Å². The number of ketones is 1. The van der Waals surface area contributed by atoms with E-state index >= 15 is 0 Å². The number of aliphatic hydroxyl groups is 1. The Morgan fingerprint density at radius 1 is 1.25 bits per heavy atom. The van der Waals surface area contributed by atoms with Gasteiger partial charge in [-0.1, -0.05) is 29.3 Å². The van der Waals surface area contributed by atoms with Gasteiger partial charge in [0.25, 0.3) is 0 Å². The van der Waals surface area contributed by atoms with Crippen LogP contribution < -0.4 is 10.6 Å². The molecular weight excluding hydrogens is 422 g/mol. The molecule has 0 radical (unpaired) electrons. The highest BCUT2D eigenvalue weighted by Gasteiger charge is 2.66. The van der Waals surface area contributed by atoms with E-state index in [4.69, 9.17) is 23.2 Å². The Morgan fingerprint density at radius 3 is 2.54 bits per heavy atom. The summed E-state index contributed by atoms with van der Waals surface area (Å²) in [4.78, 5) is 28.6. The zero-order valence-corrected chi connectivity index (χ0v) is 15.3. The number of nitrogens with zero attached hydrogens (tertiary/aromatic N) is 1. The first-order valence-corrected chi connectivity index (χ1v) is 8.57. The molecule has 11 heteroatoms. The first kappa shape index (κ1) is 20.4. The third-order valence-electron chi connectivity index (χ3n) is 4.33. The van der Waals surface area contributed by atoms with E-state index in [9.17, 15) is 27.9 Å². The van der Waals surface area contributed by atoms with Crippen LogP contribution in [-0.4, -0.2) is 33.8 Å². The van der Waals surface area contributed by atoms with Crippen molar-refractivity contribution in [1.29, 1.82) is 0 Å². The van der Waals surface area contributed by atoms with Gasteiger partial charge in [-0.3, -0.25) is 9.78 Å². The topological polar surface area (TPSA) is 91.3 Å². The van der Waals surface area contributed by atoms with Crippen LogP contribution in [0, 0.1) is 5.92 Å². The van der Waals surface area contributed by atoms with Gasteiger partial charge in [0.1, 0.15) is 5.92 Å². The Bertz CT molecular complexity index is 927. The van der Waals surface area contributed by atoms with Gasteiger partial charge in [0.15, 0.2) is 5.78 Å². The lowest BCUT2D eigenvalue weighted by atomic mass is 9.77. The number of nitrogens with one attached hydrogen (secondary N) is 2. The Balaban J connectivity index is 2.20. The van der Waals surface area contributed by atoms with E-state index in [1.165, 1.54) is 41.8 Å². The van der Waals surface area contributed by atoms with E-state index in [-0.39, 0.29) is 21.2 Å². The number of Topliss-reactive ketones (excluding diaryl/α,β-unsaturated/α-hetero) is 1. The van der Waals surface area contributed by atoms with Crippen LogP contribution in [0.4, 0.5) is 18.0 Å². The monoisotopic (exact) mass is 433 g/mol. The van der Waals surface area contributed by atoms with E-state index in [2.05, 4.69) is 10.3 Å². The standard InChI is InChI=1S/C17H12Cl2F3N3O3/c18-9-3-4-10(11(19)6-9)13-12(14(26)8-2-1-5-23-7-8)16(28,17(20,21)22)25-15(27)24-13/h1-7,12-13,28H,(H2,24,25,27)/t12-,13-,16-/m1/s1. The minimum atomic E-state index is -5.36. The lowest BCUT2D eigenvalue weighted by Crippen LogP contribution is -2.72. The van der Waals surface area contributed by atoms with Gasteiger partial charge in [-0.15, -0.1) is 0 Å². The van der Waals surface area contributed by atoms with Crippen LogP contribution in [0.5, 0.6) is 0 Å². The lowest BCUT2D eigenvalue weighted by molar-refractivity contribution is -0.287. The van der Waals surface area contributed by atoms with E-state index in [0.29, 0.717) is 0 Å². The zero-order chi connectivity index (χ0) is 20.7. The van der Waals surface area contributed by atoms with E-state index in [1.54, 1.807) is 0 Å². The SMILES string of the molecule is O=C1N[C@H](c2ccc(Cl)cc2Cl)[C@H](C(=O)c2cccnc2)[C@@](O)(C(F)(F)F)N1. The van der Waals surface area contributed by atoms with Crippen molar-refractivity contribution in [3.63, 3.8) is 0 Å². The fourth-order valence-electron chi connectivity index (χ4n) is 3.04. The first-order chi connectivity index (χ1) is 13.0. The number of halogens is 5. The highest BCUT2D eigenvalue weighted by Crippen LogP contribution is 2.45. The minimum Gasteiger partial charge on any atom is -0.363 e. The third kappa shape index (κ3) is 3.52. The van der Waals surface area contributed by atoms with Crippen LogP contribution in [-0.2, 0) is 0 Å². The summed E-state index contributed by atoms with van der Waals surface area (Å²) in [6.07, 6.45) is -2.96. The average molecular weight is 434 g/mol. The zero-order valence-electron chi connectivity index (χ0n) is 13.8. The highest BCUT2D eigenvalue weighted by molar-refractivity contribution is 6.35. The summed E-state index contributed by atoms with van der Waals surface area (Å²) < 4.78 is 41.3. The molecule has 0 aliphatic carbocycles. The molecule has 2 amide bonds. The quantitative estimate of drug-likeness (QED) is 0.646. The summed E-state index contributed by atoms with van der Waals surface area (Å²) in [5.41, 5.74) is -4.02. The van der Waals surface area contributed by atoms with Gasteiger partial charge in [-0.2, -0.15) is 13.2 Å². The maximum atomic E-state index is 13.8. The number of carbonyl (C=O) groups excluding carboxylic acids is 2. The van der Waals surface area contributed by atoms with Crippen LogP contribution in [0.25, 0.3) is 0 Å². The fraction of sp³-hybridized carbons (Fsp3) is 0.235. The maximum absolute atomic E-state index is 13.8. The number of hydrogen-bond acceptors (Lipinski definition) is 4. The summed E-state index contributed by atoms with van der Waals surface area (Å²) in [6.45, 7) is 0. The number of carbonyl (C=O) groups is 2. The van der Waals surface area contributed by atoms with Gasteiger partial charge in [0.05, 0.1) is 6.04 Å². The van der Waals surface area contributed by atoms with Gasteiger partial charge in [0, 0.05) is 28.0 Å². The van der Waals surface area contributed by atoms with Gasteiger partial charge >= 0.3 is 12.2 Å². The Hall–Kier alpha value is -2.36. The molecule has 0 unspecified atom stereocenters. The van der Waals surface area contributed by atoms with Gasteiger partial charge in [-0.25, -0.2) is 4.79 Å². The van der Waals surface area contributed by atoms with Gasteiger partial charge in [-0.05, 0) is 29.8 Å². The molecule has 3 N–H and O–H groups in total. The number of alkyl halides is 3.